The topological polar surface area (TPSA) is 42.1 Å². The van der Waals surface area contributed by atoms with E-state index in [9.17, 15) is 4.79 Å². The molecule has 0 bridgehead atoms. The zero-order valence-electron chi connectivity index (χ0n) is 9.53. The lowest BCUT2D eigenvalue weighted by atomic mass is 10.1. The average molecular weight is 245 g/mol. The van der Waals surface area contributed by atoms with Gasteiger partial charge in [-0.25, -0.2) is 0 Å². The van der Waals surface area contributed by atoms with Crippen molar-refractivity contribution in [1.82, 2.24) is 4.98 Å². The summed E-state index contributed by atoms with van der Waals surface area (Å²) in [5.41, 5.74) is 1.89. The van der Waals surface area contributed by atoms with Crippen LogP contribution in [0.2, 0.25) is 0 Å². The van der Waals surface area contributed by atoms with Crippen molar-refractivity contribution in [3.8, 4) is 5.75 Å². The second-order valence-electron chi connectivity index (χ2n) is 3.98. The summed E-state index contributed by atoms with van der Waals surface area (Å²) in [6.45, 7) is 1.97. The highest BCUT2D eigenvalue weighted by atomic mass is 32.1. The van der Waals surface area contributed by atoms with Gasteiger partial charge in [-0.05, 0) is 36.1 Å². The van der Waals surface area contributed by atoms with E-state index in [0.29, 0.717) is 0 Å². The summed E-state index contributed by atoms with van der Waals surface area (Å²) in [7, 11) is 1.65. The first-order chi connectivity index (χ1) is 8.20. The summed E-state index contributed by atoms with van der Waals surface area (Å²) in [5, 5.41) is 3.97. The number of hydrogen-bond acceptors (Lipinski definition) is 3. The normalized spacial score (nSPS) is 11.2. The average Bonchev–Trinajstić information content (AvgIpc) is 2.80. The zero-order chi connectivity index (χ0) is 12.0. The van der Waals surface area contributed by atoms with Crippen LogP contribution in [0.4, 0.5) is 0 Å². The summed E-state index contributed by atoms with van der Waals surface area (Å²) < 4.78 is 6.04. The van der Waals surface area contributed by atoms with E-state index >= 15 is 0 Å². The molecule has 0 spiro atoms. The standard InChI is InChI=1S/C13H11NO2S/c1-7-5-8(16-2)6-10-9-3-4-17-12(9)13(15)14-11(7)10/h3-6H,1-2H3,(H,14,15). The molecule has 0 aliphatic rings. The van der Waals surface area contributed by atoms with Crippen LogP contribution < -0.4 is 10.3 Å². The SMILES string of the molecule is COc1cc(C)c2[nH]c(=O)c3sccc3c2c1. The first-order valence-corrected chi connectivity index (χ1v) is 6.16. The van der Waals surface area contributed by atoms with Crippen molar-refractivity contribution in [2.45, 2.75) is 6.92 Å². The fraction of sp³-hybridized carbons (Fsp3) is 0.154. The Hall–Kier alpha value is -1.81. The second-order valence-corrected chi connectivity index (χ2v) is 4.90. The summed E-state index contributed by atoms with van der Waals surface area (Å²) in [4.78, 5) is 14.8. The van der Waals surface area contributed by atoms with E-state index in [1.165, 1.54) is 11.3 Å². The number of methoxy groups -OCH3 is 1. The molecule has 3 rings (SSSR count). The minimum atomic E-state index is -0.0178. The lowest BCUT2D eigenvalue weighted by molar-refractivity contribution is 0.415. The minimum Gasteiger partial charge on any atom is -0.497 e. The third-order valence-corrected chi connectivity index (χ3v) is 3.86. The van der Waals surface area contributed by atoms with Gasteiger partial charge in [0.1, 0.15) is 10.4 Å². The Balaban J connectivity index is 2.60. The number of hydrogen-bond donors (Lipinski definition) is 1. The molecule has 86 valence electrons. The molecule has 17 heavy (non-hydrogen) atoms. The van der Waals surface area contributed by atoms with Crippen LogP contribution in [0.5, 0.6) is 5.75 Å². The number of aromatic nitrogens is 1. The molecule has 3 nitrogen and oxygen atoms in total. The van der Waals surface area contributed by atoms with E-state index in [1.807, 2.05) is 30.5 Å². The maximum Gasteiger partial charge on any atom is 0.266 e. The number of aryl methyl sites for hydroxylation is 1. The minimum absolute atomic E-state index is 0.0178. The molecule has 0 saturated heterocycles. The van der Waals surface area contributed by atoms with Crippen LogP contribution in [0.25, 0.3) is 21.0 Å². The Morgan fingerprint density at radius 1 is 1.29 bits per heavy atom. The fourth-order valence-electron chi connectivity index (χ4n) is 2.12. The second kappa shape index (κ2) is 3.60. The first-order valence-electron chi connectivity index (χ1n) is 5.28. The monoisotopic (exact) mass is 245 g/mol. The number of rotatable bonds is 1. The lowest BCUT2D eigenvalue weighted by Gasteiger charge is -2.07. The maximum absolute atomic E-state index is 11.9. The Kier molecular flexibility index (Phi) is 2.19. The Bertz CT molecular complexity index is 770. The lowest BCUT2D eigenvalue weighted by Crippen LogP contribution is -2.05. The molecule has 2 heterocycles. The Morgan fingerprint density at radius 3 is 2.88 bits per heavy atom. The van der Waals surface area contributed by atoms with Gasteiger partial charge in [-0.3, -0.25) is 4.79 Å². The molecule has 0 aliphatic carbocycles. The van der Waals surface area contributed by atoms with E-state index < -0.39 is 0 Å². The highest BCUT2D eigenvalue weighted by Gasteiger charge is 2.09. The van der Waals surface area contributed by atoms with Gasteiger partial charge in [0.15, 0.2) is 0 Å². The molecule has 0 unspecified atom stereocenters. The molecule has 0 amide bonds. The van der Waals surface area contributed by atoms with Gasteiger partial charge >= 0.3 is 0 Å². The van der Waals surface area contributed by atoms with Gasteiger partial charge in [0.2, 0.25) is 0 Å². The van der Waals surface area contributed by atoms with Crippen molar-refractivity contribution in [2.24, 2.45) is 0 Å². The van der Waals surface area contributed by atoms with Crippen molar-refractivity contribution < 1.29 is 4.74 Å². The Morgan fingerprint density at radius 2 is 2.12 bits per heavy atom. The molecular weight excluding hydrogens is 234 g/mol. The number of aromatic amines is 1. The van der Waals surface area contributed by atoms with E-state index in [-0.39, 0.29) is 5.56 Å². The molecule has 1 aromatic carbocycles. The van der Waals surface area contributed by atoms with Gasteiger partial charge in [0.25, 0.3) is 5.56 Å². The van der Waals surface area contributed by atoms with Crippen LogP contribution in [0.15, 0.2) is 28.4 Å². The van der Waals surface area contributed by atoms with Crippen LogP contribution in [0.1, 0.15) is 5.56 Å². The predicted octanol–water partition coefficient (Wildman–Crippen LogP) is 3.06. The number of fused-ring (bicyclic) bond motifs is 3. The third kappa shape index (κ3) is 1.45. The van der Waals surface area contributed by atoms with E-state index in [2.05, 4.69) is 4.98 Å². The zero-order valence-corrected chi connectivity index (χ0v) is 10.4. The number of H-pyrrole nitrogens is 1. The van der Waals surface area contributed by atoms with Gasteiger partial charge in [0.05, 0.1) is 12.6 Å². The van der Waals surface area contributed by atoms with E-state index in [0.717, 1.165) is 32.3 Å². The molecule has 0 aliphatic heterocycles. The quantitative estimate of drug-likeness (QED) is 0.716. The van der Waals surface area contributed by atoms with Crippen molar-refractivity contribution in [3.63, 3.8) is 0 Å². The number of pyridine rings is 1. The number of benzene rings is 1. The number of thiophene rings is 1. The van der Waals surface area contributed by atoms with Crippen LogP contribution >= 0.6 is 11.3 Å². The molecular formula is C13H11NO2S. The fourth-order valence-corrected chi connectivity index (χ4v) is 2.92. The van der Waals surface area contributed by atoms with Gasteiger partial charge in [-0.2, -0.15) is 0 Å². The van der Waals surface area contributed by atoms with Crippen molar-refractivity contribution >= 4 is 32.3 Å². The van der Waals surface area contributed by atoms with Gasteiger partial charge in [-0.1, -0.05) is 0 Å². The van der Waals surface area contributed by atoms with Crippen molar-refractivity contribution in [3.05, 3.63) is 39.5 Å². The smallest absolute Gasteiger partial charge is 0.266 e. The summed E-state index contributed by atoms with van der Waals surface area (Å²) in [5.74, 6) is 0.814. The highest BCUT2D eigenvalue weighted by molar-refractivity contribution is 7.17. The van der Waals surface area contributed by atoms with E-state index in [4.69, 9.17) is 4.74 Å². The molecule has 0 fully saturated rings. The maximum atomic E-state index is 11.9. The van der Waals surface area contributed by atoms with Gasteiger partial charge < -0.3 is 9.72 Å². The molecule has 0 saturated carbocycles. The summed E-state index contributed by atoms with van der Waals surface area (Å²) >= 11 is 1.46. The molecule has 4 heteroatoms. The van der Waals surface area contributed by atoms with Crippen molar-refractivity contribution in [2.75, 3.05) is 7.11 Å². The summed E-state index contributed by atoms with van der Waals surface area (Å²) in [6.07, 6.45) is 0. The van der Waals surface area contributed by atoms with Crippen LogP contribution in [0, 0.1) is 6.92 Å². The first kappa shape index (κ1) is 10.4. The predicted molar refractivity (Wildman–Crippen MR) is 71.2 cm³/mol. The van der Waals surface area contributed by atoms with Crippen LogP contribution in [0.3, 0.4) is 0 Å². The van der Waals surface area contributed by atoms with Crippen LogP contribution in [-0.2, 0) is 0 Å². The molecule has 3 aromatic rings. The molecule has 0 atom stereocenters. The Labute approximate surface area is 102 Å². The highest BCUT2D eigenvalue weighted by Crippen LogP contribution is 2.30. The largest absolute Gasteiger partial charge is 0.497 e. The van der Waals surface area contributed by atoms with Gasteiger partial charge in [-0.15, -0.1) is 11.3 Å². The summed E-state index contributed by atoms with van der Waals surface area (Å²) in [6, 6.07) is 5.88. The number of nitrogens with one attached hydrogen (secondary N) is 1. The molecule has 2 aromatic heterocycles. The molecule has 0 radical (unpaired) electrons. The third-order valence-electron chi connectivity index (χ3n) is 2.94. The van der Waals surface area contributed by atoms with E-state index in [1.54, 1.807) is 7.11 Å². The number of ether oxygens (including phenoxy) is 1. The van der Waals surface area contributed by atoms with Crippen molar-refractivity contribution in [1.29, 1.82) is 0 Å². The molecule has 1 N–H and O–H groups in total. The van der Waals surface area contributed by atoms with Gasteiger partial charge in [0, 0.05) is 10.8 Å². The van der Waals surface area contributed by atoms with Crippen LogP contribution in [-0.4, -0.2) is 12.1 Å².